The Balaban J connectivity index is 2.27. The number of methoxy groups -OCH3 is 1. The van der Waals surface area contributed by atoms with Gasteiger partial charge in [-0.3, -0.25) is 19.7 Å². The van der Waals surface area contributed by atoms with Crippen LogP contribution in [-0.4, -0.2) is 30.5 Å². The van der Waals surface area contributed by atoms with Crippen molar-refractivity contribution in [2.75, 3.05) is 13.7 Å². The Morgan fingerprint density at radius 1 is 1.19 bits per heavy atom. The summed E-state index contributed by atoms with van der Waals surface area (Å²) in [4.78, 5) is 34.9. The number of nitro benzene ring substituents is 1. The van der Waals surface area contributed by atoms with E-state index in [1.165, 1.54) is 31.4 Å². The predicted octanol–water partition coefficient (Wildman–Crippen LogP) is 3.03. The van der Waals surface area contributed by atoms with Crippen LogP contribution >= 0.6 is 0 Å². The van der Waals surface area contributed by atoms with E-state index in [-0.39, 0.29) is 24.3 Å². The van der Waals surface area contributed by atoms with Crippen molar-refractivity contribution < 1.29 is 24.0 Å². The lowest BCUT2D eigenvalue weighted by molar-refractivity contribution is -0.384. The molecule has 0 aliphatic carbocycles. The molecule has 0 radical (unpaired) electrons. The van der Waals surface area contributed by atoms with Crippen molar-refractivity contribution in [1.29, 1.82) is 0 Å². The third kappa shape index (κ3) is 5.53. The van der Waals surface area contributed by atoms with Crippen LogP contribution in [0.25, 0.3) is 0 Å². The van der Waals surface area contributed by atoms with Crippen LogP contribution in [-0.2, 0) is 9.53 Å². The number of carbonyl (C=O) groups excluding carboxylic acids is 2. The molecule has 0 saturated heterocycles. The molecule has 8 nitrogen and oxygen atoms in total. The first-order chi connectivity index (χ1) is 12.9. The molecule has 1 atom stereocenters. The molecule has 8 heteroatoms. The Hall–Kier alpha value is -3.42. The Bertz CT molecular complexity index is 836. The van der Waals surface area contributed by atoms with Gasteiger partial charge in [0.05, 0.1) is 31.1 Å². The van der Waals surface area contributed by atoms with Gasteiger partial charge < -0.3 is 14.8 Å². The molecular weight excluding hydrogens is 352 g/mol. The highest BCUT2D eigenvalue weighted by molar-refractivity contribution is 5.95. The van der Waals surface area contributed by atoms with Gasteiger partial charge >= 0.3 is 5.97 Å². The minimum absolute atomic E-state index is 0.0817. The molecule has 0 bridgehead atoms. The highest BCUT2D eigenvalue weighted by atomic mass is 16.6. The fraction of sp³-hybridized carbons (Fsp3) is 0.263. The third-order valence-corrected chi connectivity index (χ3v) is 3.80. The largest absolute Gasteiger partial charge is 0.497 e. The van der Waals surface area contributed by atoms with Crippen molar-refractivity contribution in [3.63, 3.8) is 0 Å². The average molecular weight is 372 g/mol. The first-order valence-electron chi connectivity index (χ1n) is 8.29. The van der Waals surface area contributed by atoms with E-state index in [0.717, 1.165) is 0 Å². The number of esters is 1. The van der Waals surface area contributed by atoms with E-state index >= 15 is 0 Å². The normalized spacial score (nSPS) is 11.3. The maximum atomic E-state index is 12.6. The summed E-state index contributed by atoms with van der Waals surface area (Å²) >= 11 is 0. The summed E-state index contributed by atoms with van der Waals surface area (Å²) in [6.07, 6.45) is -0.0817. The lowest BCUT2D eigenvalue weighted by atomic mass is 10.0. The van der Waals surface area contributed by atoms with Crippen molar-refractivity contribution in [3.8, 4) is 5.75 Å². The molecule has 0 aliphatic rings. The number of hydrogen-bond acceptors (Lipinski definition) is 6. The zero-order chi connectivity index (χ0) is 19.8. The van der Waals surface area contributed by atoms with Crippen molar-refractivity contribution in [2.24, 2.45) is 0 Å². The van der Waals surface area contributed by atoms with Gasteiger partial charge in [-0.05, 0) is 30.7 Å². The number of rotatable bonds is 8. The smallest absolute Gasteiger partial charge is 0.308 e. The zero-order valence-corrected chi connectivity index (χ0v) is 15.0. The highest BCUT2D eigenvalue weighted by Gasteiger charge is 2.21. The van der Waals surface area contributed by atoms with E-state index in [0.29, 0.717) is 11.3 Å². The zero-order valence-electron chi connectivity index (χ0n) is 15.0. The molecule has 0 spiro atoms. The molecule has 1 unspecified atom stereocenters. The van der Waals surface area contributed by atoms with Crippen LogP contribution in [0.5, 0.6) is 5.75 Å². The van der Waals surface area contributed by atoms with E-state index in [9.17, 15) is 19.7 Å². The summed E-state index contributed by atoms with van der Waals surface area (Å²) in [5.74, 6) is -0.425. The van der Waals surface area contributed by atoms with Crippen LogP contribution in [0.4, 0.5) is 5.69 Å². The number of hydrogen-bond donors (Lipinski definition) is 1. The SMILES string of the molecule is CCOC(=O)CC(NC(=O)c1cccc([N+](=O)[O-])c1)c1cccc(OC)c1. The summed E-state index contributed by atoms with van der Waals surface area (Å²) < 4.78 is 10.2. The van der Waals surface area contributed by atoms with Crippen LogP contribution in [0.2, 0.25) is 0 Å². The Kier molecular flexibility index (Phi) is 6.87. The number of benzene rings is 2. The lowest BCUT2D eigenvalue weighted by Crippen LogP contribution is -2.30. The maximum absolute atomic E-state index is 12.6. The molecule has 0 aliphatic heterocycles. The van der Waals surface area contributed by atoms with Crippen LogP contribution in [0.3, 0.4) is 0 Å². The van der Waals surface area contributed by atoms with Gasteiger partial charge in [-0.25, -0.2) is 0 Å². The summed E-state index contributed by atoms with van der Waals surface area (Å²) in [5, 5.41) is 13.6. The highest BCUT2D eigenvalue weighted by Crippen LogP contribution is 2.23. The molecule has 0 saturated carbocycles. The second kappa shape index (κ2) is 9.33. The number of carbonyl (C=O) groups is 2. The molecule has 0 aromatic heterocycles. The molecule has 0 heterocycles. The van der Waals surface area contributed by atoms with Crippen molar-refractivity contribution in [1.82, 2.24) is 5.32 Å². The van der Waals surface area contributed by atoms with Gasteiger partial charge in [0.1, 0.15) is 5.75 Å². The predicted molar refractivity (Wildman–Crippen MR) is 97.5 cm³/mol. The van der Waals surface area contributed by atoms with Crippen LogP contribution < -0.4 is 10.1 Å². The quantitative estimate of drug-likeness (QED) is 0.433. The molecule has 27 heavy (non-hydrogen) atoms. The van der Waals surface area contributed by atoms with Gasteiger partial charge in [-0.15, -0.1) is 0 Å². The van der Waals surface area contributed by atoms with E-state index < -0.39 is 22.8 Å². The Labute approximate surface area is 156 Å². The minimum Gasteiger partial charge on any atom is -0.497 e. The van der Waals surface area contributed by atoms with Crippen LogP contribution in [0.1, 0.15) is 35.3 Å². The molecule has 2 aromatic carbocycles. The molecular formula is C19H20N2O6. The monoisotopic (exact) mass is 372 g/mol. The number of nitrogens with one attached hydrogen (secondary N) is 1. The fourth-order valence-electron chi connectivity index (χ4n) is 2.50. The first-order valence-corrected chi connectivity index (χ1v) is 8.29. The fourth-order valence-corrected chi connectivity index (χ4v) is 2.50. The second-order valence-corrected chi connectivity index (χ2v) is 5.62. The second-order valence-electron chi connectivity index (χ2n) is 5.62. The van der Waals surface area contributed by atoms with Gasteiger partial charge in [0, 0.05) is 17.7 Å². The topological polar surface area (TPSA) is 108 Å². The Morgan fingerprint density at radius 3 is 2.59 bits per heavy atom. The summed E-state index contributed by atoms with van der Waals surface area (Å²) in [6, 6.07) is 11.6. The molecule has 0 fully saturated rings. The van der Waals surface area contributed by atoms with E-state index in [1.807, 2.05) is 0 Å². The van der Waals surface area contributed by atoms with Gasteiger partial charge in [0.2, 0.25) is 0 Å². The maximum Gasteiger partial charge on any atom is 0.308 e. The summed E-state index contributed by atoms with van der Waals surface area (Å²) in [7, 11) is 1.52. The van der Waals surface area contributed by atoms with Crippen molar-refractivity contribution >= 4 is 17.6 Å². The summed E-state index contributed by atoms with van der Waals surface area (Å²) in [6.45, 7) is 1.92. The molecule has 2 aromatic rings. The van der Waals surface area contributed by atoms with Gasteiger partial charge in [0.25, 0.3) is 11.6 Å². The van der Waals surface area contributed by atoms with Crippen molar-refractivity contribution in [2.45, 2.75) is 19.4 Å². The molecule has 1 amide bonds. The molecule has 1 N–H and O–H groups in total. The van der Waals surface area contributed by atoms with Crippen molar-refractivity contribution in [3.05, 3.63) is 69.8 Å². The Morgan fingerprint density at radius 2 is 1.93 bits per heavy atom. The standard InChI is InChI=1S/C19H20N2O6/c1-3-27-18(22)12-17(13-6-5-9-16(11-13)26-2)20-19(23)14-7-4-8-15(10-14)21(24)25/h4-11,17H,3,12H2,1-2H3,(H,20,23). The summed E-state index contributed by atoms with van der Waals surface area (Å²) in [5.41, 5.74) is 0.591. The van der Waals surface area contributed by atoms with Gasteiger partial charge in [-0.1, -0.05) is 18.2 Å². The number of nitro groups is 1. The van der Waals surface area contributed by atoms with Crippen LogP contribution in [0, 0.1) is 10.1 Å². The van der Waals surface area contributed by atoms with Crippen LogP contribution in [0.15, 0.2) is 48.5 Å². The average Bonchev–Trinajstić information content (AvgIpc) is 2.67. The number of ether oxygens (including phenoxy) is 2. The third-order valence-electron chi connectivity index (χ3n) is 3.80. The van der Waals surface area contributed by atoms with Gasteiger partial charge in [-0.2, -0.15) is 0 Å². The van der Waals surface area contributed by atoms with E-state index in [2.05, 4.69) is 5.32 Å². The lowest BCUT2D eigenvalue weighted by Gasteiger charge is -2.19. The van der Waals surface area contributed by atoms with E-state index in [4.69, 9.17) is 9.47 Å². The molecule has 142 valence electrons. The number of non-ortho nitro benzene ring substituents is 1. The molecule has 2 rings (SSSR count). The minimum atomic E-state index is -0.675. The van der Waals surface area contributed by atoms with E-state index in [1.54, 1.807) is 31.2 Å². The first kappa shape index (κ1) is 19.9. The van der Waals surface area contributed by atoms with Gasteiger partial charge in [0.15, 0.2) is 0 Å². The number of amides is 1. The number of nitrogens with zero attached hydrogens (tertiary/aromatic N) is 1.